The van der Waals surface area contributed by atoms with Gasteiger partial charge in [-0.3, -0.25) is 4.57 Å². The Morgan fingerprint density at radius 1 is 0.433 bits per heavy atom. The molecule has 0 fully saturated rings. The minimum Gasteiger partial charge on any atom is -0.454 e. The van der Waals surface area contributed by atoms with Gasteiger partial charge < -0.3 is 13.4 Å². The minimum absolute atomic E-state index is 0.0788. The molecular weight excluding hydrogens is 777 g/mol. The molecule has 0 bridgehead atoms. The maximum absolute atomic E-state index is 14.6. The standard InChI is InChI=1S/C49H25F6N3O2/c50-48(51,52)27-21-26(22-28(23-27)49(53,54)55)37-24-43(58-39-14-6-2-10-30(39)34-18-20-36-32-12-4-8-16-42(32)60-47(36)45(34)58)56-25-40(37)57-38-13-5-1-9-29(38)33-17-19-35-31-11-3-7-15-41(31)59-46(35)44(33)57/h1-25H. The van der Waals surface area contributed by atoms with Crippen molar-refractivity contribution in [1.29, 1.82) is 0 Å². The second-order valence-electron chi connectivity index (χ2n) is 14.9. The third kappa shape index (κ3) is 4.86. The predicted molar refractivity (Wildman–Crippen MR) is 223 cm³/mol. The second-order valence-corrected chi connectivity index (χ2v) is 14.9. The molecule has 60 heavy (non-hydrogen) atoms. The third-order valence-electron chi connectivity index (χ3n) is 11.6. The van der Waals surface area contributed by atoms with Crippen molar-refractivity contribution in [3.8, 4) is 22.6 Å². The molecule has 5 aromatic heterocycles. The fourth-order valence-electron chi connectivity index (χ4n) is 9.03. The van der Waals surface area contributed by atoms with Gasteiger partial charge in [0.2, 0.25) is 0 Å². The van der Waals surface area contributed by atoms with Crippen molar-refractivity contribution in [3.63, 3.8) is 0 Å². The first-order valence-electron chi connectivity index (χ1n) is 19.0. The van der Waals surface area contributed by atoms with Crippen LogP contribution in [-0.4, -0.2) is 14.1 Å². The van der Waals surface area contributed by atoms with E-state index in [1.807, 2.05) is 130 Å². The Morgan fingerprint density at radius 3 is 1.42 bits per heavy atom. The van der Waals surface area contributed by atoms with Gasteiger partial charge >= 0.3 is 12.4 Å². The summed E-state index contributed by atoms with van der Waals surface area (Å²) in [6, 6.07) is 41.4. The van der Waals surface area contributed by atoms with Crippen molar-refractivity contribution in [2.75, 3.05) is 0 Å². The number of nitrogens with zero attached hydrogens (tertiary/aromatic N) is 3. The quantitative estimate of drug-likeness (QED) is 0.167. The Labute approximate surface area is 333 Å². The van der Waals surface area contributed by atoms with E-state index in [0.717, 1.165) is 55.2 Å². The summed E-state index contributed by atoms with van der Waals surface area (Å²) in [5.74, 6) is 0.258. The molecule has 290 valence electrons. The van der Waals surface area contributed by atoms with Gasteiger partial charge in [0.05, 0.1) is 45.1 Å². The minimum atomic E-state index is -5.08. The molecule has 0 unspecified atom stereocenters. The normalized spacial score (nSPS) is 12.8. The molecular formula is C49H25F6N3O2. The van der Waals surface area contributed by atoms with Crippen LogP contribution in [0.1, 0.15) is 11.1 Å². The summed E-state index contributed by atoms with van der Waals surface area (Å²) >= 11 is 0. The van der Waals surface area contributed by atoms with Crippen LogP contribution in [-0.2, 0) is 12.4 Å². The molecule has 5 heterocycles. The number of hydrogen-bond donors (Lipinski definition) is 0. The lowest BCUT2D eigenvalue weighted by atomic mass is 9.98. The Hall–Kier alpha value is -7.53. The average Bonchev–Trinajstić information content (AvgIpc) is 4.00. The number of halogens is 6. The summed E-state index contributed by atoms with van der Waals surface area (Å²) < 4.78 is 104. The zero-order valence-corrected chi connectivity index (χ0v) is 30.9. The van der Waals surface area contributed by atoms with E-state index in [1.54, 1.807) is 6.07 Å². The number of fused-ring (bicyclic) bond motifs is 14. The maximum Gasteiger partial charge on any atom is 0.416 e. The summed E-state index contributed by atoms with van der Waals surface area (Å²) in [6.45, 7) is 0. The fraction of sp³-hybridized carbons (Fsp3) is 0.0408. The van der Waals surface area contributed by atoms with Gasteiger partial charge in [-0.25, -0.2) is 4.98 Å². The first-order valence-corrected chi connectivity index (χ1v) is 19.0. The Kier molecular flexibility index (Phi) is 6.91. The van der Waals surface area contributed by atoms with E-state index >= 15 is 0 Å². The number of rotatable bonds is 3. The largest absolute Gasteiger partial charge is 0.454 e. The lowest BCUT2D eigenvalue weighted by molar-refractivity contribution is -0.143. The van der Waals surface area contributed by atoms with Crippen molar-refractivity contribution < 1.29 is 35.2 Å². The number of benzene rings is 7. The van der Waals surface area contributed by atoms with Crippen molar-refractivity contribution in [2.45, 2.75) is 12.4 Å². The van der Waals surface area contributed by atoms with E-state index < -0.39 is 23.5 Å². The van der Waals surface area contributed by atoms with Crippen LogP contribution < -0.4 is 0 Å². The van der Waals surface area contributed by atoms with Crippen LogP contribution in [0.2, 0.25) is 0 Å². The van der Waals surface area contributed by atoms with E-state index in [2.05, 4.69) is 0 Å². The molecule has 0 saturated heterocycles. The van der Waals surface area contributed by atoms with Gasteiger partial charge in [-0.1, -0.05) is 84.9 Å². The maximum atomic E-state index is 14.6. The highest BCUT2D eigenvalue weighted by Crippen LogP contribution is 2.46. The van der Waals surface area contributed by atoms with Crippen LogP contribution in [0.3, 0.4) is 0 Å². The summed E-state index contributed by atoms with van der Waals surface area (Å²) in [5.41, 5.74) is 2.13. The molecule has 0 aliphatic heterocycles. The molecule has 12 aromatic rings. The van der Waals surface area contributed by atoms with Gasteiger partial charge in [-0.15, -0.1) is 0 Å². The van der Waals surface area contributed by atoms with Crippen molar-refractivity contribution >= 4 is 87.5 Å². The topological polar surface area (TPSA) is 49.0 Å². The SMILES string of the molecule is FC(F)(F)c1cc(-c2cc(-n3c4ccccc4c4ccc5c6ccccc6oc5c43)ncc2-n2c3ccccc3c3ccc4c5ccccc5oc4c32)cc(C(F)(F)F)c1. The van der Waals surface area contributed by atoms with Crippen LogP contribution in [0, 0.1) is 0 Å². The zero-order chi connectivity index (χ0) is 40.7. The molecule has 0 atom stereocenters. The molecule has 7 aromatic carbocycles. The van der Waals surface area contributed by atoms with E-state index in [0.29, 0.717) is 44.4 Å². The lowest BCUT2D eigenvalue weighted by Crippen LogP contribution is -2.11. The van der Waals surface area contributed by atoms with E-state index in [4.69, 9.17) is 13.8 Å². The zero-order valence-electron chi connectivity index (χ0n) is 30.9. The van der Waals surface area contributed by atoms with Crippen LogP contribution in [0.25, 0.3) is 110 Å². The van der Waals surface area contributed by atoms with Crippen LogP contribution in [0.15, 0.2) is 161 Å². The number of para-hydroxylation sites is 4. The first-order chi connectivity index (χ1) is 29.0. The van der Waals surface area contributed by atoms with E-state index in [9.17, 15) is 26.3 Å². The number of alkyl halides is 6. The molecule has 11 heteroatoms. The molecule has 0 N–H and O–H groups in total. The summed E-state index contributed by atoms with van der Waals surface area (Å²) in [6.07, 6.45) is -8.65. The average molecular weight is 802 g/mol. The summed E-state index contributed by atoms with van der Waals surface area (Å²) in [5, 5.41) is 6.66. The summed E-state index contributed by atoms with van der Waals surface area (Å²) in [4.78, 5) is 5.03. The van der Waals surface area contributed by atoms with Gasteiger partial charge in [0.15, 0.2) is 11.2 Å². The van der Waals surface area contributed by atoms with Crippen molar-refractivity contribution in [3.05, 3.63) is 163 Å². The Bertz CT molecular complexity index is 3740. The van der Waals surface area contributed by atoms with Gasteiger partial charge in [0, 0.05) is 48.7 Å². The molecule has 0 aliphatic carbocycles. The lowest BCUT2D eigenvalue weighted by Gasteiger charge is -2.19. The van der Waals surface area contributed by atoms with Crippen molar-refractivity contribution in [2.24, 2.45) is 0 Å². The highest BCUT2D eigenvalue weighted by Gasteiger charge is 2.37. The summed E-state index contributed by atoms with van der Waals surface area (Å²) in [7, 11) is 0. The Morgan fingerprint density at radius 2 is 0.883 bits per heavy atom. The second kappa shape index (κ2) is 12.0. The van der Waals surface area contributed by atoms with Gasteiger partial charge in [0.25, 0.3) is 0 Å². The molecule has 0 aliphatic rings. The first kappa shape index (κ1) is 34.5. The van der Waals surface area contributed by atoms with Crippen LogP contribution in [0.4, 0.5) is 26.3 Å². The molecule has 0 spiro atoms. The highest BCUT2D eigenvalue weighted by atomic mass is 19.4. The number of pyridine rings is 1. The molecule has 0 saturated carbocycles. The molecule has 0 amide bonds. The van der Waals surface area contributed by atoms with Gasteiger partial charge in [-0.2, -0.15) is 26.3 Å². The Balaban J connectivity index is 1.24. The fourth-order valence-corrected chi connectivity index (χ4v) is 9.03. The smallest absolute Gasteiger partial charge is 0.416 e. The molecule has 5 nitrogen and oxygen atoms in total. The predicted octanol–water partition coefficient (Wildman–Crippen LogP) is 14.8. The van der Waals surface area contributed by atoms with Gasteiger partial charge in [0.1, 0.15) is 17.0 Å². The highest BCUT2D eigenvalue weighted by molar-refractivity contribution is 6.23. The number of hydrogen-bond acceptors (Lipinski definition) is 3. The number of furan rings is 2. The monoisotopic (exact) mass is 801 g/mol. The van der Waals surface area contributed by atoms with Crippen molar-refractivity contribution in [1.82, 2.24) is 14.1 Å². The number of aromatic nitrogens is 3. The van der Waals surface area contributed by atoms with Crippen LogP contribution in [0.5, 0.6) is 0 Å². The molecule has 12 rings (SSSR count). The van der Waals surface area contributed by atoms with E-state index in [1.165, 1.54) is 6.20 Å². The molecule has 0 radical (unpaired) electrons. The van der Waals surface area contributed by atoms with Crippen LogP contribution >= 0.6 is 0 Å². The van der Waals surface area contributed by atoms with E-state index in [-0.39, 0.29) is 28.7 Å². The third-order valence-corrected chi connectivity index (χ3v) is 11.6. The van der Waals surface area contributed by atoms with Gasteiger partial charge in [-0.05, 0) is 66.2 Å².